The molecule has 1 spiro atoms. The van der Waals surface area contributed by atoms with Gasteiger partial charge in [-0.1, -0.05) is 19.3 Å². The van der Waals surface area contributed by atoms with E-state index in [1.165, 1.54) is 38.4 Å². The lowest BCUT2D eigenvalue weighted by atomic mass is 9.80. The Kier molecular flexibility index (Phi) is 4.10. The van der Waals surface area contributed by atoms with Crippen molar-refractivity contribution in [3.63, 3.8) is 0 Å². The molecule has 1 aliphatic heterocycles. The van der Waals surface area contributed by atoms with Gasteiger partial charge in [-0.25, -0.2) is 8.42 Å². The van der Waals surface area contributed by atoms with Gasteiger partial charge in [-0.05, 0) is 12.8 Å². The van der Waals surface area contributed by atoms with Gasteiger partial charge in [-0.2, -0.15) is 0 Å². The molecule has 0 aromatic rings. The van der Waals surface area contributed by atoms with E-state index in [1.54, 1.807) is 0 Å². The molecule has 0 radical (unpaired) electrons. The number of nitrogens with zero attached hydrogens (tertiary/aromatic N) is 1. The molecule has 2 rings (SSSR count). The quantitative estimate of drug-likeness (QED) is 0.809. The predicted molar refractivity (Wildman–Crippen MR) is 70.0 cm³/mol. The van der Waals surface area contributed by atoms with Gasteiger partial charge in [0, 0.05) is 38.0 Å². The SMILES string of the molecule is CS(=O)(=O)CCN1CCNC2(CCCCC2)C1. The molecule has 1 aliphatic carbocycles. The molecule has 17 heavy (non-hydrogen) atoms. The Morgan fingerprint density at radius 3 is 2.59 bits per heavy atom. The number of piperazine rings is 1. The average Bonchev–Trinajstić information content (AvgIpc) is 2.27. The fourth-order valence-electron chi connectivity index (χ4n) is 3.09. The number of rotatable bonds is 3. The third-order valence-electron chi connectivity index (χ3n) is 4.04. The van der Waals surface area contributed by atoms with Gasteiger partial charge in [0.1, 0.15) is 9.84 Å². The standard InChI is InChI=1S/C12H24N2O2S/c1-17(15,16)10-9-14-8-7-13-12(11-14)5-3-2-4-6-12/h13H,2-11H2,1H3. The second-order valence-corrected chi connectivity index (χ2v) is 7.93. The minimum Gasteiger partial charge on any atom is -0.309 e. The zero-order valence-electron chi connectivity index (χ0n) is 10.7. The van der Waals surface area contributed by atoms with E-state index in [1.807, 2.05) is 0 Å². The van der Waals surface area contributed by atoms with Gasteiger partial charge in [0.05, 0.1) is 5.75 Å². The Morgan fingerprint density at radius 2 is 1.94 bits per heavy atom. The minimum atomic E-state index is -2.83. The van der Waals surface area contributed by atoms with Crippen molar-refractivity contribution in [2.45, 2.75) is 37.6 Å². The van der Waals surface area contributed by atoms with E-state index in [9.17, 15) is 8.42 Å². The van der Waals surface area contributed by atoms with Crippen LogP contribution in [0.2, 0.25) is 0 Å². The lowest BCUT2D eigenvalue weighted by molar-refractivity contribution is 0.104. The molecule has 100 valence electrons. The summed E-state index contributed by atoms with van der Waals surface area (Å²) in [6.45, 7) is 3.71. The fourth-order valence-corrected chi connectivity index (χ4v) is 3.68. The van der Waals surface area contributed by atoms with E-state index in [2.05, 4.69) is 10.2 Å². The van der Waals surface area contributed by atoms with Crippen LogP contribution in [0.3, 0.4) is 0 Å². The molecule has 0 atom stereocenters. The number of hydrogen-bond donors (Lipinski definition) is 1. The van der Waals surface area contributed by atoms with Crippen LogP contribution in [-0.4, -0.2) is 57.0 Å². The molecule has 0 aromatic carbocycles. The maximum absolute atomic E-state index is 11.2. The van der Waals surface area contributed by atoms with Crippen molar-refractivity contribution in [1.82, 2.24) is 10.2 Å². The van der Waals surface area contributed by atoms with E-state index < -0.39 is 9.84 Å². The zero-order chi connectivity index (χ0) is 12.4. The van der Waals surface area contributed by atoms with Gasteiger partial charge < -0.3 is 5.32 Å². The molecule has 0 aromatic heterocycles. The van der Waals surface area contributed by atoms with Crippen LogP contribution < -0.4 is 5.32 Å². The van der Waals surface area contributed by atoms with Gasteiger partial charge in [0.2, 0.25) is 0 Å². The summed E-state index contributed by atoms with van der Waals surface area (Å²) in [6.07, 6.45) is 7.81. The lowest BCUT2D eigenvalue weighted by Gasteiger charge is -2.46. The Hall–Kier alpha value is -0.130. The summed E-state index contributed by atoms with van der Waals surface area (Å²) < 4.78 is 22.4. The molecular weight excluding hydrogens is 236 g/mol. The summed E-state index contributed by atoms with van der Waals surface area (Å²) >= 11 is 0. The van der Waals surface area contributed by atoms with Crippen molar-refractivity contribution in [3.8, 4) is 0 Å². The third kappa shape index (κ3) is 3.93. The molecule has 0 unspecified atom stereocenters. The summed E-state index contributed by atoms with van der Waals surface area (Å²) in [4.78, 5) is 2.32. The monoisotopic (exact) mass is 260 g/mol. The molecule has 5 heteroatoms. The molecule has 1 saturated carbocycles. The Bertz CT molecular complexity index is 342. The fraction of sp³-hybridized carbons (Fsp3) is 1.00. The van der Waals surface area contributed by atoms with E-state index in [4.69, 9.17) is 0 Å². The van der Waals surface area contributed by atoms with Gasteiger partial charge in [-0.15, -0.1) is 0 Å². The molecule has 1 heterocycles. The maximum atomic E-state index is 11.2. The van der Waals surface area contributed by atoms with Crippen LogP contribution in [0.25, 0.3) is 0 Å². The van der Waals surface area contributed by atoms with Gasteiger partial charge in [0.25, 0.3) is 0 Å². The van der Waals surface area contributed by atoms with E-state index in [0.717, 1.165) is 19.6 Å². The predicted octanol–water partition coefficient (Wildman–Crippen LogP) is 0.639. The first-order valence-corrected chi connectivity index (χ1v) is 8.70. The molecule has 2 fully saturated rings. The van der Waals surface area contributed by atoms with E-state index >= 15 is 0 Å². The molecule has 4 nitrogen and oxygen atoms in total. The van der Waals surface area contributed by atoms with Gasteiger partial charge in [-0.3, -0.25) is 4.90 Å². The Morgan fingerprint density at radius 1 is 1.24 bits per heavy atom. The van der Waals surface area contributed by atoms with E-state index in [-0.39, 0.29) is 5.54 Å². The highest BCUT2D eigenvalue weighted by molar-refractivity contribution is 7.90. The summed E-state index contributed by atoms with van der Waals surface area (Å²) in [5.41, 5.74) is 0.286. The molecule has 2 aliphatic rings. The highest BCUT2D eigenvalue weighted by Crippen LogP contribution is 2.30. The second kappa shape index (κ2) is 5.24. The largest absolute Gasteiger partial charge is 0.309 e. The molecular formula is C12H24N2O2S. The third-order valence-corrected chi connectivity index (χ3v) is 4.97. The first-order valence-electron chi connectivity index (χ1n) is 6.64. The van der Waals surface area contributed by atoms with Gasteiger partial charge >= 0.3 is 0 Å². The van der Waals surface area contributed by atoms with Crippen LogP contribution in [0.4, 0.5) is 0 Å². The summed E-state index contributed by atoms with van der Waals surface area (Å²) in [5, 5.41) is 3.67. The highest BCUT2D eigenvalue weighted by Gasteiger charge is 2.35. The van der Waals surface area contributed by atoms with Crippen molar-refractivity contribution in [1.29, 1.82) is 0 Å². The highest BCUT2D eigenvalue weighted by atomic mass is 32.2. The van der Waals surface area contributed by atoms with Crippen molar-refractivity contribution in [2.75, 3.05) is 38.2 Å². The summed E-state index contributed by atoms with van der Waals surface area (Å²) in [5.74, 6) is 0.295. The zero-order valence-corrected chi connectivity index (χ0v) is 11.6. The first kappa shape index (κ1) is 13.3. The molecule has 1 saturated heterocycles. The number of nitrogens with one attached hydrogen (secondary N) is 1. The van der Waals surface area contributed by atoms with Crippen molar-refractivity contribution < 1.29 is 8.42 Å². The number of hydrogen-bond acceptors (Lipinski definition) is 4. The van der Waals surface area contributed by atoms with Crippen molar-refractivity contribution in [2.24, 2.45) is 0 Å². The number of sulfone groups is 1. The second-order valence-electron chi connectivity index (χ2n) is 5.67. The van der Waals surface area contributed by atoms with Crippen LogP contribution in [0.15, 0.2) is 0 Å². The van der Waals surface area contributed by atoms with Crippen LogP contribution in [0.5, 0.6) is 0 Å². The maximum Gasteiger partial charge on any atom is 0.148 e. The normalized spacial score (nSPS) is 26.2. The van der Waals surface area contributed by atoms with Crippen LogP contribution in [0.1, 0.15) is 32.1 Å². The Balaban J connectivity index is 1.88. The van der Waals surface area contributed by atoms with Crippen LogP contribution in [-0.2, 0) is 9.84 Å². The van der Waals surface area contributed by atoms with E-state index in [0.29, 0.717) is 12.3 Å². The van der Waals surface area contributed by atoms with Crippen LogP contribution >= 0.6 is 0 Å². The van der Waals surface area contributed by atoms with Crippen molar-refractivity contribution in [3.05, 3.63) is 0 Å². The first-order chi connectivity index (χ1) is 7.99. The smallest absolute Gasteiger partial charge is 0.148 e. The summed E-state index contributed by atoms with van der Waals surface area (Å²) in [6, 6.07) is 0. The Labute approximate surface area is 105 Å². The minimum absolute atomic E-state index is 0.286. The topological polar surface area (TPSA) is 49.4 Å². The molecule has 0 amide bonds. The lowest BCUT2D eigenvalue weighted by Crippen LogP contribution is -2.61. The van der Waals surface area contributed by atoms with Crippen LogP contribution in [0, 0.1) is 0 Å². The molecule has 0 bridgehead atoms. The molecule has 1 N–H and O–H groups in total. The van der Waals surface area contributed by atoms with Gasteiger partial charge in [0.15, 0.2) is 0 Å². The average molecular weight is 260 g/mol. The summed E-state index contributed by atoms with van der Waals surface area (Å²) in [7, 11) is -2.83. The van der Waals surface area contributed by atoms with Crippen molar-refractivity contribution >= 4 is 9.84 Å².